The number of hydrogen-bond acceptors (Lipinski definition) is 1. The second kappa shape index (κ2) is 5.17. The Morgan fingerprint density at radius 1 is 1.24 bits per heavy atom. The monoisotopic (exact) mass is 241 g/mol. The van der Waals surface area contributed by atoms with E-state index in [1.54, 1.807) is 19.3 Å². The van der Waals surface area contributed by atoms with Gasteiger partial charge in [0.1, 0.15) is 0 Å². The molecule has 0 fully saturated rings. The molecule has 0 aliphatic heterocycles. The van der Waals surface area contributed by atoms with Gasteiger partial charge < -0.3 is 0 Å². The molecule has 0 bridgehead atoms. The summed E-state index contributed by atoms with van der Waals surface area (Å²) >= 11 is 0. The summed E-state index contributed by atoms with van der Waals surface area (Å²) in [5.41, 5.74) is 1.54. The summed E-state index contributed by atoms with van der Waals surface area (Å²) in [4.78, 5) is 3.86. The minimum absolute atomic E-state index is 0.533. The van der Waals surface area contributed by atoms with Gasteiger partial charge in [-0.1, -0.05) is 17.7 Å². The Morgan fingerprint density at radius 2 is 1.88 bits per heavy atom. The fraction of sp³-hybridized carbons (Fsp3) is 0.308. The van der Waals surface area contributed by atoms with Crippen molar-refractivity contribution in [2.24, 2.45) is 4.99 Å². The summed E-state index contributed by atoms with van der Waals surface area (Å²) in [5.74, 6) is 0. The highest BCUT2D eigenvalue weighted by Crippen LogP contribution is 2.31. The van der Waals surface area contributed by atoms with Crippen LogP contribution in [0.4, 0.5) is 13.2 Å². The lowest BCUT2D eigenvalue weighted by atomic mass is 10.0. The van der Waals surface area contributed by atoms with Crippen LogP contribution in [0.3, 0.4) is 0 Å². The van der Waals surface area contributed by atoms with Crippen molar-refractivity contribution in [3.05, 3.63) is 41.0 Å². The first-order valence-electron chi connectivity index (χ1n) is 5.13. The van der Waals surface area contributed by atoms with Crippen LogP contribution >= 0.6 is 0 Å². The average Bonchev–Trinajstić information content (AvgIpc) is 2.24. The molecule has 0 saturated heterocycles. The average molecular weight is 241 g/mol. The van der Waals surface area contributed by atoms with Crippen molar-refractivity contribution in [1.82, 2.24) is 0 Å². The van der Waals surface area contributed by atoms with E-state index < -0.39 is 11.7 Å². The SMILES string of the molecule is CN=CC(=C(C)C)c1cccc(C(F)(F)F)c1. The van der Waals surface area contributed by atoms with Crippen LogP contribution in [-0.2, 0) is 6.18 Å². The predicted octanol–water partition coefficient (Wildman–Crippen LogP) is 4.20. The number of aliphatic imine (C=N–C) groups is 1. The molecule has 0 radical (unpaired) electrons. The lowest BCUT2D eigenvalue weighted by Crippen LogP contribution is -2.05. The number of halogens is 3. The molecule has 1 nitrogen and oxygen atoms in total. The van der Waals surface area contributed by atoms with Gasteiger partial charge in [-0.3, -0.25) is 4.99 Å². The molecule has 0 amide bonds. The lowest BCUT2D eigenvalue weighted by Gasteiger charge is -2.10. The van der Waals surface area contributed by atoms with Crippen LogP contribution < -0.4 is 0 Å². The summed E-state index contributed by atoms with van der Waals surface area (Å²) in [6, 6.07) is 5.27. The Bertz CT molecular complexity index is 452. The second-order valence-electron chi connectivity index (χ2n) is 3.88. The third-order valence-electron chi connectivity index (χ3n) is 2.30. The molecule has 0 heterocycles. The van der Waals surface area contributed by atoms with Crippen LogP contribution in [0.5, 0.6) is 0 Å². The molecule has 17 heavy (non-hydrogen) atoms. The molecule has 1 aromatic rings. The Labute approximate surface area is 98.7 Å². The lowest BCUT2D eigenvalue weighted by molar-refractivity contribution is -0.137. The van der Waals surface area contributed by atoms with Crippen molar-refractivity contribution >= 4 is 11.8 Å². The minimum atomic E-state index is -4.31. The molecule has 0 N–H and O–H groups in total. The number of rotatable bonds is 2. The topological polar surface area (TPSA) is 12.4 Å². The highest BCUT2D eigenvalue weighted by atomic mass is 19.4. The molecule has 4 heteroatoms. The van der Waals surface area contributed by atoms with Crippen LogP contribution in [0.2, 0.25) is 0 Å². The molecule has 0 spiro atoms. The van der Waals surface area contributed by atoms with Gasteiger partial charge in [0.2, 0.25) is 0 Å². The fourth-order valence-corrected chi connectivity index (χ4v) is 1.48. The quantitative estimate of drug-likeness (QED) is 0.688. The smallest absolute Gasteiger partial charge is 0.296 e. The first-order valence-corrected chi connectivity index (χ1v) is 5.13. The van der Waals surface area contributed by atoms with Crippen LogP contribution in [0.15, 0.2) is 34.8 Å². The normalized spacial score (nSPS) is 11.9. The van der Waals surface area contributed by atoms with Gasteiger partial charge in [0, 0.05) is 13.3 Å². The second-order valence-corrected chi connectivity index (χ2v) is 3.88. The number of allylic oxidation sites excluding steroid dienone is 2. The standard InChI is InChI=1S/C13H14F3N/c1-9(2)12(8-17-3)10-5-4-6-11(7-10)13(14,15)16/h4-8H,1-3H3. The highest BCUT2D eigenvalue weighted by molar-refractivity contribution is 6.10. The van der Waals surface area contributed by atoms with Gasteiger partial charge in [-0.15, -0.1) is 0 Å². The number of hydrogen-bond donors (Lipinski definition) is 0. The number of alkyl halides is 3. The number of benzene rings is 1. The van der Waals surface area contributed by atoms with Gasteiger partial charge in [0.15, 0.2) is 0 Å². The summed E-state index contributed by atoms with van der Waals surface area (Å²) in [6.45, 7) is 3.69. The van der Waals surface area contributed by atoms with E-state index in [1.165, 1.54) is 6.07 Å². The van der Waals surface area contributed by atoms with E-state index in [9.17, 15) is 13.2 Å². The van der Waals surface area contributed by atoms with Crippen molar-refractivity contribution in [3.8, 4) is 0 Å². The van der Waals surface area contributed by atoms with Gasteiger partial charge in [-0.2, -0.15) is 13.2 Å². The summed E-state index contributed by atoms with van der Waals surface area (Å²) < 4.78 is 37.7. The Kier molecular flexibility index (Phi) is 4.10. The van der Waals surface area contributed by atoms with Crippen molar-refractivity contribution in [2.45, 2.75) is 20.0 Å². The van der Waals surface area contributed by atoms with Gasteiger partial charge in [0.05, 0.1) is 5.56 Å². The molecule has 0 unspecified atom stereocenters. The Morgan fingerprint density at radius 3 is 2.35 bits per heavy atom. The fourth-order valence-electron chi connectivity index (χ4n) is 1.48. The maximum Gasteiger partial charge on any atom is 0.416 e. The first kappa shape index (κ1) is 13.5. The molecule has 1 aromatic carbocycles. The van der Waals surface area contributed by atoms with Gasteiger partial charge in [-0.25, -0.2) is 0 Å². The largest absolute Gasteiger partial charge is 0.416 e. The van der Waals surface area contributed by atoms with E-state index in [0.717, 1.165) is 23.3 Å². The zero-order chi connectivity index (χ0) is 13.1. The molecular weight excluding hydrogens is 227 g/mol. The van der Waals surface area contributed by atoms with E-state index >= 15 is 0 Å². The predicted molar refractivity (Wildman–Crippen MR) is 64.1 cm³/mol. The molecule has 1 rings (SSSR count). The van der Waals surface area contributed by atoms with Gasteiger partial charge >= 0.3 is 6.18 Å². The van der Waals surface area contributed by atoms with E-state index in [-0.39, 0.29) is 0 Å². The molecule has 0 aromatic heterocycles. The van der Waals surface area contributed by atoms with Crippen LogP contribution in [0.1, 0.15) is 25.0 Å². The van der Waals surface area contributed by atoms with Crippen LogP contribution in [0, 0.1) is 0 Å². The zero-order valence-electron chi connectivity index (χ0n) is 9.97. The molecule has 0 atom stereocenters. The molecule has 92 valence electrons. The Balaban J connectivity index is 3.29. The summed E-state index contributed by atoms with van der Waals surface area (Å²) in [6.07, 6.45) is -2.74. The van der Waals surface area contributed by atoms with Gasteiger partial charge in [0.25, 0.3) is 0 Å². The molecule has 0 aliphatic carbocycles. The maximum atomic E-state index is 12.6. The van der Waals surface area contributed by atoms with Crippen molar-refractivity contribution in [1.29, 1.82) is 0 Å². The zero-order valence-corrected chi connectivity index (χ0v) is 9.97. The summed E-state index contributed by atoms with van der Waals surface area (Å²) in [7, 11) is 1.59. The molecule has 0 aliphatic rings. The van der Waals surface area contributed by atoms with Crippen molar-refractivity contribution < 1.29 is 13.2 Å². The van der Waals surface area contributed by atoms with Crippen LogP contribution in [0.25, 0.3) is 5.57 Å². The van der Waals surface area contributed by atoms with E-state index in [2.05, 4.69) is 4.99 Å². The Hall–Kier alpha value is -1.58. The molecular formula is C13H14F3N. The third kappa shape index (κ3) is 3.44. The van der Waals surface area contributed by atoms with Gasteiger partial charge in [-0.05, 0) is 37.1 Å². The van der Waals surface area contributed by atoms with Crippen LogP contribution in [-0.4, -0.2) is 13.3 Å². The first-order chi connectivity index (χ1) is 7.86. The molecule has 0 saturated carbocycles. The number of nitrogens with zero attached hydrogens (tertiary/aromatic N) is 1. The van der Waals surface area contributed by atoms with Crippen molar-refractivity contribution in [3.63, 3.8) is 0 Å². The third-order valence-corrected chi connectivity index (χ3v) is 2.30. The summed E-state index contributed by atoms with van der Waals surface area (Å²) in [5, 5.41) is 0. The maximum absolute atomic E-state index is 12.6. The van der Waals surface area contributed by atoms with E-state index in [1.807, 2.05) is 13.8 Å². The van der Waals surface area contributed by atoms with Crippen molar-refractivity contribution in [2.75, 3.05) is 7.05 Å². The van der Waals surface area contributed by atoms with E-state index in [4.69, 9.17) is 0 Å². The highest BCUT2D eigenvalue weighted by Gasteiger charge is 2.30. The van der Waals surface area contributed by atoms with E-state index in [0.29, 0.717) is 5.56 Å². The minimum Gasteiger partial charge on any atom is -0.296 e.